The maximum atomic E-state index is 12.4. The van der Waals surface area contributed by atoms with E-state index in [1.807, 2.05) is 30.3 Å². The van der Waals surface area contributed by atoms with Gasteiger partial charge in [-0.3, -0.25) is 14.7 Å². The Hall–Kier alpha value is -3.42. The van der Waals surface area contributed by atoms with Crippen molar-refractivity contribution in [2.24, 2.45) is 0 Å². The summed E-state index contributed by atoms with van der Waals surface area (Å²) in [6, 6.07) is 12.3. The minimum Gasteiger partial charge on any atom is -0.459 e. The number of carbonyl (C=O) groups excluding carboxylic acids is 3. The molecule has 0 atom stereocenters. The molecule has 154 valence electrons. The lowest BCUT2D eigenvalue weighted by molar-refractivity contribution is -0.147. The summed E-state index contributed by atoms with van der Waals surface area (Å²) in [6.07, 6.45) is 2.07. The summed E-state index contributed by atoms with van der Waals surface area (Å²) in [5.41, 5.74) is 0.365. The topological polar surface area (TPSA) is 95.0 Å². The molecular formula is C21H24N2O6. The van der Waals surface area contributed by atoms with Crippen LogP contribution in [0.3, 0.4) is 0 Å². The van der Waals surface area contributed by atoms with Crippen LogP contribution in [0.5, 0.6) is 0 Å². The first kappa shape index (κ1) is 21.9. The lowest BCUT2D eigenvalue weighted by atomic mass is 10.1. The number of benzene rings is 1. The number of hydrogen-bond acceptors (Lipinski definition) is 7. The van der Waals surface area contributed by atoms with Crippen molar-refractivity contribution in [3.63, 3.8) is 0 Å². The van der Waals surface area contributed by atoms with E-state index in [1.165, 1.54) is 23.4 Å². The monoisotopic (exact) mass is 400 g/mol. The largest absolute Gasteiger partial charge is 0.459 e. The van der Waals surface area contributed by atoms with Crippen molar-refractivity contribution in [2.75, 3.05) is 13.3 Å². The Morgan fingerprint density at radius 2 is 1.69 bits per heavy atom. The second kappa shape index (κ2) is 10.2. The lowest BCUT2D eigenvalue weighted by Gasteiger charge is -2.33. The van der Waals surface area contributed by atoms with Gasteiger partial charge in [-0.05, 0) is 38.5 Å². The Morgan fingerprint density at radius 3 is 2.31 bits per heavy atom. The molecule has 1 aromatic heterocycles. The number of ether oxygens (including phenoxy) is 3. The number of aromatic nitrogens is 1. The van der Waals surface area contributed by atoms with Gasteiger partial charge in [0.2, 0.25) is 6.79 Å². The molecule has 0 saturated heterocycles. The molecule has 2 aromatic rings. The van der Waals surface area contributed by atoms with Crippen LogP contribution in [-0.4, -0.2) is 46.8 Å². The van der Waals surface area contributed by atoms with Crippen molar-refractivity contribution in [3.05, 3.63) is 66.0 Å². The van der Waals surface area contributed by atoms with Gasteiger partial charge in [0, 0.05) is 17.9 Å². The Morgan fingerprint density at radius 1 is 0.966 bits per heavy atom. The number of carbonyl (C=O) groups is 3. The van der Waals surface area contributed by atoms with E-state index in [1.54, 1.807) is 26.8 Å². The SMILES string of the molecule is CC(C)(C)N(CC(=O)OCc1ccccc1)C(=O)OCOC(=O)c1cccnc1. The molecule has 0 N–H and O–H groups in total. The summed E-state index contributed by atoms with van der Waals surface area (Å²) < 4.78 is 15.1. The van der Waals surface area contributed by atoms with Crippen molar-refractivity contribution in [3.8, 4) is 0 Å². The van der Waals surface area contributed by atoms with Crippen LogP contribution in [0.15, 0.2) is 54.9 Å². The van der Waals surface area contributed by atoms with Gasteiger partial charge in [-0.25, -0.2) is 9.59 Å². The lowest BCUT2D eigenvalue weighted by Crippen LogP contribution is -2.49. The van der Waals surface area contributed by atoms with Gasteiger partial charge in [-0.2, -0.15) is 0 Å². The normalized spacial score (nSPS) is 10.7. The van der Waals surface area contributed by atoms with Gasteiger partial charge < -0.3 is 14.2 Å². The Kier molecular flexibility index (Phi) is 7.70. The van der Waals surface area contributed by atoms with Crippen molar-refractivity contribution < 1.29 is 28.6 Å². The van der Waals surface area contributed by atoms with Crippen molar-refractivity contribution in [1.29, 1.82) is 0 Å². The molecule has 1 amide bonds. The first-order valence-corrected chi connectivity index (χ1v) is 8.98. The van der Waals surface area contributed by atoms with E-state index in [4.69, 9.17) is 14.2 Å². The molecule has 8 nitrogen and oxygen atoms in total. The molecule has 1 heterocycles. The maximum absolute atomic E-state index is 12.4. The van der Waals surface area contributed by atoms with Crippen LogP contribution < -0.4 is 0 Å². The van der Waals surface area contributed by atoms with Crippen LogP contribution in [0.1, 0.15) is 36.7 Å². The number of amides is 1. The van der Waals surface area contributed by atoms with Crippen LogP contribution >= 0.6 is 0 Å². The van der Waals surface area contributed by atoms with E-state index in [0.717, 1.165) is 5.56 Å². The minimum absolute atomic E-state index is 0.107. The molecule has 0 aliphatic carbocycles. The average Bonchev–Trinajstić information content (AvgIpc) is 2.71. The number of nitrogens with zero attached hydrogens (tertiary/aromatic N) is 2. The molecule has 0 aliphatic rings. The molecule has 0 spiro atoms. The average molecular weight is 400 g/mol. The molecule has 29 heavy (non-hydrogen) atoms. The molecule has 0 saturated carbocycles. The minimum atomic E-state index is -0.798. The van der Waals surface area contributed by atoms with E-state index >= 15 is 0 Å². The van der Waals surface area contributed by atoms with E-state index in [9.17, 15) is 14.4 Å². The van der Waals surface area contributed by atoms with Crippen LogP contribution in [0.4, 0.5) is 4.79 Å². The summed E-state index contributed by atoms with van der Waals surface area (Å²) in [6.45, 7) is 4.47. The first-order valence-electron chi connectivity index (χ1n) is 8.98. The van der Waals surface area contributed by atoms with Crippen LogP contribution in [0.2, 0.25) is 0 Å². The Bertz CT molecular complexity index is 818. The standard InChI is InChI=1S/C21H24N2O6/c1-21(2,3)23(13-18(24)27-14-16-8-5-4-6-9-16)20(26)29-15-28-19(25)17-10-7-11-22-12-17/h4-12H,13-15H2,1-3H3. The molecular weight excluding hydrogens is 376 g/mol. The van der Waals surface area contributed by atoms with Gasteiger partial charge >= 0.3 is 18.0 Å². The highest BCUT2D eigenvalue weighted by Crippen LogP contribution is 2.15. The molecule has 0 bridgehead atoms. The third-order valence-corrected chi connectivity index (χ3v) is 3.83. The quantitative estimate of drug-likeness (QED) is 0.520. The second-order valence-corrected chi connectivity index (χ2v) is 7.10. The predicted molar refractivity (Wildman–Crippen MR) is 104 cm³/mol. The van der Waals surface area contributed by atoms with Gasteiger partial charge in [0.05, 0.1) is 5.56 Å². The van der Waals surface area contributed by atoms with Gasteiger partial charge in [0.15, 0.2) is 0 Å². The molecule has 2 rings (SSSR count). The smallest absolute Gasteiger partial charge is 0.413 e. The van der Waals surface area contributed by atoms with E-state index in [0.29, 0.717) is 0 Å². The fourth-order valence-electron chi connectivity index (χ4n) is 2.27. The van der Waals surface area contributed by atoms with Gasteiger partial charge in [0.1, 0.15) is 13.2 Å². The Balaban J connectivity index is 1.85. The number of esters is 2. The van der Waals surface area contributed by atoms with Gasteiger partial charge in [0.25, 0.3) is 0 Å². The molecule has 0 radical (unpaired) electrons. The molecule has 0 unspecified atom stereocenters. The molecule has 0 fully saturated rings. The second-order valence-electron chi connectivity index (χ2n) is 7.10. The summed E-state index contributed by atoms with van der Waals surface area (Å²) in [5, 5.41) is 0. The fourth-order valence-corrected chi connectivity index (χ4v) is 2.27. The molecule has 8 heteroatoms. The Labute approximate surface area is 169 Å². The maximum Gasteiger partial charge on any atom is 0.413 e. The van der Waals surface area contributed by atoms with Gasteiger partial charge in [-0.15, -0.1) is 0 Å². The van der Waals surface area contributed by atoms with Crippen molar-refractivity contribution in [2.45, 2.75) is 32.9 Å². The third-order valence-electron chi connectivity index (χ3n) is 3.83. The molecule has 0 aliphatic heterocycles. The fraction of sp³-hybridized carbons (Fsp3) is 0.333. The number of rotatable bonds is 7. The summed E-state index contributed by atoms with van der Waals surface area (Å²) in [7, 11) is 0. The zero-order valence-corrected chi connectivity index (χ0v) is 16.7. The highest BCUT2D eigenvalue weighted by molar-refractivity contribution is 5.88. The first-order chi connectivity index (χ1) is 13.8. The van der Waals surface area contributed by atoms with E-state index in [2.05, 4.69) is 4.98 Å². The molecule has 1 aromatic carbocycles. The van der Waals surface area contributed by atoms with Crippen molar-refractivity contribution >= 4 is 18.0 Å². The third kappa shape index (κ3) is 7.25. The number of pyridine rings is 1. The van der Waals surface area contributed by atoms with Crippen molar-refractivity contribution in [1.82, 2.24) is 9.88 Å². The van der Waals surface area contributed by atoms with Crippen LogP contribution in [-0.2, 0) is 25.6 Å². The highest BCUT2D eigenvalue weighted by atomic mass is 16.7. The van der Waals surface area contributed by atoms with E-state index < -0.39 is 30.4 Å². The summed E-state index contributed by atoms with van der Waals surface area (Å²) >= 11 is 0. The summed E-state index contributed by atoms with van der Waals surface area (Å²) in [4.78, 5) is 41.5. The van der Waals surface area contributed by atoms with Crippen LogP contribution in [0.25, 0.3) is 0 Å². The summed E-state index contributed by atoms with van der Waals surface area (Å²) in [5.74, 6) is -1.25. The van der Waals surface area contributed by atoms with E-state index in [-0.39, 0.29) is 18.7 Å². The zero-order valence-electron chi connectivity index (χ0n) is 16.7. The van der Waals surface area contributed by atoms with Gasteiger partial charge in [-0.1, -0.05) is 30.3 Å². The number of hydrogen-bond donors (Lipinski definition) is 0. The van der Waals surface area contributed by atoms with Crippen LogP contribution in [0, 0.1) is 0 Å². The zero-order chi connectivity index (χ0) is 21.3. The highest BCUT2D eigenvalue weighted by Gasteiger charge is 2.30. The predicted octanol–water partition coefficient (Wildman–Crippen LogP) is 3.18.